The van der Waals surface area contributed by atoms with Gasteiger partial charge in [0.2, 0.25) is 0 Å². The highest BCUT2D eigenvalue weighted by Crippen LogP contribution is 2.54. The van der Waals surface area contributed by atoms with Crippen LogP contribution in [-0.4, -0.2) is 4.57 Å². The van der Waals surface area contributed by atoms with Gasteiger partial charge in [-0.3, -0.25) is 0 Å². The van der Waals surface area contributed by atoms with Crippen LogP contribution in [0.15, 0.2) is 218 Å². The zero-order chi connectivity index (χ0) is 39.5. The lowest BCUT2D eigenvalue weighted by atomic mass is 9.82. The largest absolute Gasteiger partial charge is 0.310 e. The summed E-state index contributed by atoms with van der Waals surface area (Å²) in [5, 5.41) is 2.51. The van der Waals surface area contributed by atoms with Crippen LogP contribution in [0.5, 0.6) is 0 Å². The highest BCUT2D eigenvalue weighted by atomic mass is 15.1. The van der Waals surface area contributed by atoms with Crippen molar-refractivity contribution < 1.29 is 0 Å². The maximum atomic E-state index is 2.44. The molecule has 0 fully saturated rings. The second-order valence-corrected chi connectivity index (χ2v) is 16.1. The number of nitrogens with zero attached hydrogens (tertiary/aromatic N) is 2. The topological polar surface area (TPSA) is 8.17 Å². The molecule has 0 atom stereocenters. The van der Waals surface area contributed by atoms with Gasteiger partial charge in [-0.2, -0.15) is 0 Å². The number of anilines is 3. The third-order valence-corrected chi connectivity index (χ3v) is 12.4. The predicted molar refractivity (Wildman–Crippen MR) is 249 cm³/mol. The van der Waals surface area contributed by atoms with Gasteiger partial charge in [-0.15, -0.1) is 0 Å². The van der Waals surface area contributed by atoms with E-state index in [0.717, 1.165) is 22.7 Å². The zero-order valence-corrected chi connectivity index (χ0v) is 33.2. The highest BCUT2D eigenvalue weighted by Gasteiger charge is 2.37. The van der Waals surface area contributed by atoms with Crippen molar-refractivity contribution in [2.45, 2.75) is 19.3 Å². The summed E-state index contributed by atoms with van der Waals surface area (Å²) in [4.78, 5) is 2.44. The minimum absolute atomic E-state index is 0.0949. The molecule has 0 amide bonds. The third-order valence-electron chi connectivity index (χ3n) is 12.4. The SMILES string of the molecule is CC1(C)c2ccccc2-c2c(-c3ccccc3N(c3ccc(-c4ccc(-c5ccccc5)cc4)cc3)c3cccc(-n4c5ccccc5c5ccccc54)c3)cccc21. The Kier molecular flexibility index (Phi) is 8.20. The van der Waals surface area contributed by atoms with E-state index in [2.05, 4.69) is 242 Å². The average molecular weight is 755 g/mol. The molecular weight excluding hydrogens is 713 g/mol. The van der Waals surface area contributed by atoms with Crippen molar-refractivity contribution in [3.05, 3.63) is 230 Å². The number of benzene rings is 9. The molecule has 2 nitrogen and oxygen atoms in total. The van der Waals surface area contributed by atoms with Crippen LogP contribution in [0.1, 0.15) is 25.0 Å². The summed E-state index contributed by atoms with van der Waals surface area (Å²) < 4.78 is 2.41. The fourth-order valence-corrected chi connectivity index (χ4v) is 9.56. The second-order valence-electron chi connectivity index (χ2n) is 16.1. The van der Waals surface area contributed by atoms with Crippen molar-refractivity contribution in [1.29, 1.82) is 0 Å². The average Bonchev–Trinajstić information content (AvgIpc) is 3.76. The van der Waals surface area contributed by atoms with E-state index in [1.165, 1.54) is 77.4 Å². The number of hydrogen-bond donors (Lipinski definition) is 0. The van der Waals surface area contributed by atoms with Crippen molar-refractivity contribution in [3.63, 3.8) is 0 Å². The summed E-state index contributed by atoms with van der Waals surface area (Å²) >= 11 is 0. The smallest absolute Gasteiger partial charge is 0.0541 e. The summed E-state index contributed by atoms with van der Waals surface area (Å²) in [6.07, 6.45) is 0. The molecule has 9 aromatic carbocycles. The van der Waals surface area contributed by atoms with Gasteiger partial charge in [-0.05, 0) is 98.6 Å². The van der Waals surface area contributed by atoms with Crippen molar-refractivity contribution in [1.82, 2.24) is 4.57 Å². The number of hydrogen-bond acceptors (Lipinski definition) is 1. The van der Waals surface area contributed by atoms with Gasteiger partial charge in [-0.1, -0.05) is 184 Å². The molecule has 0 saturated heterocycles. The Morgan fingerprint density at radius 2 is 0.881 bits per heavy atom. The Morgan fingerprint density at radius 3 is 1.58 bits per heavy atom. The van der Waals surface area contributed by atoms with E-state index in [4.69, 9.17) is 0 Å². The van der Waals surface area contributed by atoms with Gasteiger partial charge < -0.3 is 9.47 Å². The number of para-hydroxylation sites is 3. The van der Waals surface area contributed by atoms with Crippen molar-refractivity contribution >= 4 is 38.9 Å². The second kappa shape index (κ2) is 13.9. The first-order valence-corrected chi connectivity index (χ1v) is 20.5. The maximum absolute atomic E-state index is 2.44. The Hall–Kier alpha value is -7.42. The fraction of sp³-hybridized carbons (Fsp3) is 0.0526. The molecule has 0 saturated carbocycles. The van der Waals surface area contributed by atoms with E-state index in [9.17, 15) is 0 Å². The first-order valence-electron chi connectivity index (χ1n) is 20.5. The van der Waals surface area contributed by atoms with E-state index in [-0.39, 0.29) is 5.41 Å². The zero-order valence-electron chi connectivity index (χ0n) is 33.2. The van der Waals surface area contributed by atoms with E-state index in [1.807, 2.05) is 0 Å². The van der Waals surface area contributed by atoms with Gasteiger partial charge >= 0.3 is 0 Å². The van der Waals surface area contributed by atoms with Crippen LogP contribution in [0.2, 0.25) is 0 Å². The molecule has 0 spiro atoms. The molecule has 11 rings (SSSR count). The van der Waals surface area contributed by atoms with Crippen molar-refractivity contribution in [2.75, 3.05) is 4.90 Å². The van der Waals surface area contributed by atoms with Gasteiger partial charge in [0.05, 0.1) is 16.7 Å². The van der Waals surface area contributed by atoms with Crippen LogP contribution in [0.4, 0.5) is 17.1 Å². The lowest BCUT2D eigenvalue weighted by Crippen LogP contribution is -2.15. The van der Waals surface area contributed by atoms with E-state index >= 15 is 0 Å². The molecule has 1 aliphatic rings. The molecule has 0 N–H and O–H groups in total. The van der Waals surface area contributed by atoms with E-state index in [0.29, 0.717) is 0 Å². The van der Waals surface area contributed by atoms with Crippen LogP contribution in [0, 0.1) is 0 Å². The molecule has 0 aliphatic heterocycles. The maximum Gasteiger partial charge on any atom is 0.0541 e. The molecule has 2 heteroatoms. The molecule has 0 unspecified atom stereocenters. The summed E-state index contributed by atoms with van der Waals surface area (Å²) in [5.41, 5.74) is 19.4. The Morgan fingerprint density at radius 1 is 0.373 bits per heavy atom. The van der Waals surface area contributed by atoms with Crippen LogP contribution in [-0.2, 0) is 5.41 Å². The molecule has 280 valence electrons. The van der Waals surface area contributed by atoms with Gasteiger partial charge in [-0.25, -0.2) is 0 Å². The first kappa shape index (κ1) is 34.8. The fourth-order valence-electron chi connectivity index (χ4n) is 9.56. The molecule has 1 aliphatic carbocycles. The van der Waals surface area contributed by atoms with Crippen LogP contribution in [0.25, 0.3) is 72.0 Å². The number of fused-ring (bicyclic) bond motifs is 6. The van der Waals surface area contributed by atoms with Gasteiger partial charge in [0.1, 0.15) is 0 Å². The summed E-state index contributed by atoms with van der Waals surface area (Å²) in [6.45, 7) is 4.72. The van der Waals surface area contributed by atoms with Crippen LogP contribution >= 0.6 is 0 Å². The molecule has 0 radical (unpaired) electrons. The first-order chi connectivity index (χ1) is 29.0. The number of rotatable bonds is 7. The van der Waals surface area contributed by atoms with Crippen molar-refractivity contribution in [2.24, 2.45) is 0 Å². The van der Waals surface area contributed by atoms with E-state index in [1.54, 1.807) is 0 Å². The lowest BCUT2D eigenvalue weighted by molar-refractivity contribution is 0.660. The van der Waals surface area contributed by atoms with Crippen LogP contribution in [0.3, 0.4) is 0 Å². The van der Waals surface area contributed by atoms with Gasteiger partial charge in [0.15, 0.2) is 0 Å². The minimum atomic E-state index is -0.0949. The third kappa shape index (κ3) is 5.71. The predicted octanol–water partition coefficient (Wildman–Crippen LogP) is 15.6. The molecule has 0 bridgehead atoms. The molecular formula is C57H42N2. The Bertz CT molecular complexity index is 3120. The van der Waals surface area contributed by atoms with Crippen molar-refractivity contribution in [3.8, 4) is 50.2 Å². The molecule has 1 aromatic heterocycles. The van der Waals surface area contributed by atoms with E-state index < -0.39 is 0 Å². The van der Waals surface area contributed by atoms with Gasteiger partial charge in [0, 0.05) is 38.8 Å². The highest BCUT2D eigenvalue weighted by molar-refractivity contribution is 6.09. The monoisotopic (exact) mass is 754 g/mol. The van der Waals surface area contributed by atoms with Gasteiger partial charge in [0.25, 0.3) is 0 Å². The number of aromatic nitrogens is 1. The standard InChI is InChI=1S/C57H42N2/c1-57(2)51-25-10-6-23-50(51)56-49(24-15-26-52(56)57)48-22-9-11-27-53(48)58(43-36-34-42(35-37-43)41-32-30-40(31-33-41)39-16-4-3-5-17-39)44-18-14-19-45(38-44)59-54-28-12-7-20-46(54)47-21-8-13-29-55(47)59/h3-38H,1-2H3. The minimum Gasteiger partial charge on any atom is -0.310 e. The summed E-state index contributed by atoms with van der Waals surface area (Å²) in [7, 11) is 0. The molecule has 10 aromatic rings. The lowest BCUT2D eigenvalue weighted by Gasteiger charge is -2.29. The summed E-state index contributed by atoms with van der Waals surface area (Å²) in [6, 6.07) is 79.8. The molecule has 1 heterocycles. The Balaban J connectivity index is 1.09. The normalized spacial score (nSPS) is 12.7. The quantitative estimate of drug-likeness (QED) is 0.157. The summed E-state index contributed by atoms with van der Waals surface area (Å²) in [5.74, 6) is 0. The molecule has 59 heavy (non-hydrogen) atoms. The van der Waals surface area contributed by atoms with Crippen LogP contribution < -0.4 is 4.90 Å². The Labute approximate surface area is 345 Å².